The third-order valence-corrected chi connectivity index (χ3v) is 5.81. The molecule has 0 aliphatic carbocycles. The fraction of sp³-hybridized carbons (Fsp3) is 0.200. The van der Waals surface area contributed by atoms with E-state index < -0.39 is 5.72 Å². The zero-order valence-electron chi connectivity index (χ0n) is 14.0. The van der Waals surface area contributed by atoms with Gasteiger partial charge in [-0.2, -0.15) is 0 Å². The highest BCUT2D eigenvalue weighted by Gasteiger charge is 2.42. The van der Waals surface area contributed by atoms with E-state index in [1.54, 1.807) is 22.8 Å². The Morgan fingerprint density at radius 3 is 2.85 bits per heavy atom. The van der Waals surface area contributed by atoms with Gasteiger partial charge in [-0.3, -0.25) is 9.36 Å². The van der Waals surface area contributed by atoms with Crippen molar-refractivity contribution in [2.45, 2.75) is 25.1 Å². The van der Waals surface area contributed by atoms with Gasteiger partial charge in [0.15, 0.2) is 4.80 Å². The van der Waals surface area contributed by atoms with Gasteiger partial charge in [0, 0.05) is 12.0 Å². The van der Waals surface area contributed by atoms with Gasteiger partial charge in [0.2, 0.25) is 5.72 Å². The van der Waals surface area contributed by atoms with E-state index in [2.05, 4.69) is 0 Å². The Bertz CT molecular complexity index is 1200. The van der Waals surface area contributed by atoms with Gasteiger partial charge in [0.25, 0.3) is 5.56 Å². The van der Waals surface area contributed by atoms with Crippen LogP contribution >= 0.6 is 11.3 Å². The lowest BCUT2D eigenvalue weighted by Crippen LogP contribution is -2.49. The second-order valence-electron chi connectivity index (χ2n) is 6.77. The first-order valence-corrected chi connectivity index (χ1v) is 9.21. The molecule has 1 aromatic heterocycles. The van der Waals surface area contributed by atoms with Crippen molar-refractivity contribution < 1.29 is 9.13 Å². The molecule has 3 aromatic rings. The molecule has 0 spiro atoms. The van der Waals surface area contributed by atoms with Crippen molar-refractivity contribution in [3.8, 4) is 5.75 Å². The topological polar surface area (TPSA) is 43.6 Å². The Morgan fingerprint density at radius 2 is 2.04 bits per heavy atom. The zero-order valence-corrected chi connectivity index (χ0v) is 14.8. The Kier molecular flexibility index (Phi) is 3.21. The van der Waals surface area contributed by atoms with E-state index in [0.29, 0.717) is 15.8 Å². The van der Waals surface area contributed by atoms with Gasteiger partial charge in [-0.25, -0.2) is 9.38 Å². The van der Waals surface area contributed by atoms with Gasteiger partial charge in [0.1, 0.15) is 11.6 Å². The second-order valence-corrected chi connectivity index (χ2v) is 7.78. The number of para-hydroxylation sites is 1. The predicted octanol–water partition coefficient (Wildman–Crippen LogP) is 2.60. The molecule has 2 aromatic carbocycles. The highest BCUT2D eigenvalue weighted by molar-refractivity contribution is 7.07. The van der Waals surface area contributed by atoms with Crippen molar-refractivity contribution in [2.75, 3.05) is 0 Å². The fourth-order valence-corrected chi connectivity index (χ4v) is 4.77. The van der Waals surface area contributed by atoms with Crippen molar-refractivity contribution in [2.24, 2.45) is 4.99 Å². The maximum absolute atomic E-state index is 13.1. The fourth-order valence-electron chi connectivity index (χ4n) is 3.65. The summed E-state index contributed by atoms with van der Waals surface area (Å²) in [6.45, 7) is 1.95. The van der Waals surface area contributed by atoms with Gasteiger partial charge < -0.3 is 4.74 Å². The van der Waals surface area contributed by atoms with Gasteiger partial charge >= 0.3 is 0 Å². The molecule has 2 aliphatic heterocycles. The molecule has 2 aliphatic rings. The van der Waals surface area contributed by atoms with Gasteiger partial charge in [-0.15, -0.1) is 0 Å². The molecule has 0 unspecified atom stereocenters. The lowest BCUT2D eigenvalue weighted by Gasteiger charge is -2.39. The van der Waals surface area contributed by atoms with E-state index in [9.17, 15) is 9.18 Å². The van der Waals surface area contributed by atoms with Crippen LogP contribution in [0.25, 0.3) is 6.08 Å². The molecule has 2 atom stereocenters. The minimum absolute atomic E-state index is 0.0678. The summed E-state index contributed by atoms with van der Waals surface area (Å²) < 4.78 is 21.6. The number of benzene rings is 2. The Balaban J connectivity index is 1.74. The van der Waals surface area contributed by atoms with Crippen LogP contribution < -0.4 is 19.6 Å². The zero-order chi connectivity index (χ0) is 17.9. The smallest absolute Gasteiger partial charge is 0.270 e. The largest absolute Gasteiger partial charge is 0.466 e. The third kappa shape index (κ3) is 2.33. The van der Waals surface area contributed by atoms with E-state index in [0.717, 1.165) is 16.9 Å². The molecule has 130 valence electrons. The predicted molar refractivity (Wildman–Crippen MR) is 97.6 cm³/mol. The lowest BCUT2D eigenvalue weighted by atomic mass is 9.93. The van der Waals surface area contributed by atoms with E-state index in [1.165, 1.54) is 23.5 Å². The number of aromatic nitrogens is 1. The van der Waals surface area contributed by atoms with Crippen molar-refractivity contribution in [3.63, 3.8) is 0 Å². The average molecular weight is 366 g/mol. The molecule has 6 heteroatoms. The standard InChI is InChI=1S/C20H15FN2O2S/c1-20-11-15(14-4-2-3-5-16(14)25-20)23-18(24)17(26-19(23)22-20)10-12-6-8-13(21)9-7-12/h2-10,15H,11H2,1H3/b17-10-/t15-,20+/m1/s1. The minimum Gasteiger partial charge on any atom is -0.466 e. The first-order chi connectivity index (χ1) is 12.5. The van der Waals surface area contributed by atoms with Crippen molar-refractivity contribution in [3.05, 3.63) is 85.2 Å². The molecular weight excluding hydrogens is 351 g/mol. The number of fused-ring (bicyclic) bond motifs is 6. The number of ether oxygens (including phenoxy) is 1. The summed E-state index contributed by atoms with van der Waals surface area (Å²) in [6.07, 6.45) is 2.41. The maximum Gasteiger partial charge on any atom is 0.270 e. The average Bonchev–Trinajstić information content (AvgIpc) is 2.91. The normalized spacial score (nSPS) is 23.6. The molecule has 0 amide bonds. The lowest BCUT2D eigenvalue weighted by molar-refractivity contribution is 0.0410. The van der Waals surface area contributed by atoms with Crippen LogP contribution in [0, 0.1) is 5.82 Å². The quantitative estimate of drug-likeness (QED) is 0.664. The number of rotatable bonds is 1. The number of halogens is 1. The molecular formula is C20H15FN2O2S. The van der Waals surface area contributed by atoms with Crippen LogP contribution in [0.4, 0.5) is 4.39 Å². The molecule has 2 bridgehead atoms. The summed E-state index contributed by atoms with van der Waals surface area (Å²) in [5.41, 5.74) is 1.06. The van der Waals surface area contributed by atoms with Gasteiger partial charge in [-0.1, -0.05) is 41.7 Å². The van der Waals surface area contributed by atoms with Crippen LogP contribution in [0.2, 0.25) is 0 Å². The number of nitrogens with zero attached hydrogens (tertiary/aromatic N) is 2. The third-order valence-electron chi connectivity index (χ3n) is 4.83. The molecule has 0 fully saturated rings. The summed E-state index contributed by atoms with van der Waals surface area (Å²) in [4.78, 5) is 18.4. The number of hydrogen-bond donors (Lipinski definition) is 0. The monoisotopic (exact) mass is 366 g/mol. The van der Waals surface area contributed by atoms with E-state index in [-0.39, 0.29) is 17.4 Å². The Labute approximate surface area is 152 Å². The molecule has 0 N–H and O–H groups in total. The first-order valence-electron chi connectivity index (χ1n) is 8.39. The second kappa shape index (κ2) is 5.38. The van der Waals surface area contributed by atoms with Crippen LogP contribution in [-0.2, 0) is 0 Å². The number of hydrogen-bond acceptors (Lipinski definition) is 4. The minimum atomic E-state index is -0.663. The Morgan fingerprint density at radius 1 is 1.27 bits per heavy atom. The van der Waals surface area contributed by atoms with Crippen molar-refractivity contribution in [1.82, 2.24) is 4.57 Å². The van der Waals surface area contributed by atoms with Crippen LogP contribution in [-0.4, -0.2) is 10.3 Å². The molecule has 0 saturated carbocycles. The first kappa shape index (κ1) is 15.5. The summed E-state index contributed by atoms with van der Waals surface area (Å²) in [7, 11) is 0. The van der Waals surface area contributed by atoms with Crippen LogP contribution in [0.1, 0.15) is 30.5 Å². The highest BCUT2D eigenvalue weighted by atomic mass is 32.1. The summed E-state index contributed by atoms with van der Waals surface area (Å²) in [5, 5.41) is 0. The van der Waals surface area contributed by atoms with E-state index in [4.69, 9.17) is 9.73 Å². The molecule has 3 heterocycles. The van der Waals surface area contributed by atoms with Crippen LogP contribution in [0.15, 0.2) is 58.3 Å². The van der Waals surface area contributed by atoms with Gasteiger partial charge in [-0.05, 0) is 36.8 Å². The number of thiazole rings is 1. The van der Waals surface area contributed by atoms with Crippen LogP contribution in [0.3, 0.4) is 0 Å². The highest BCUT2D eigenvalue weighted by Crippen LogP contribution is 2.42. The summed E-state index contributed by atoms with van der Waals surface area (Å²) >= 11 is 1.35. The van der Waals surface area contributed by atoms with Crippen molar-refractivity contribution >= 4 is 17.4 Å². The molecule has 4 nitrogen and oxygen atoms in total. The maximum atomic E-state index is 13.1. The van der Waals surface area contributed by atoms with Gasteiger partial charge in [0.05, 0.1) is 10.6 Å². The summed E-state index contributed by atoms with van der Waals surface area (Å²) in [5.74, 6) is 0.484. The molecule has 5 rings (SSSR count). The van der Waals surface area contributed by atoms with E-state index >= 15 is 0 Å². The Hall–Kier alpha value is -2.73. The molecule has 0 saturated heterocycles. The van der Waals surface area contributed by atoms with E-state index in [1.807, 2.05) is 31.2 Å². The van der Waals surface area contributed by atoms with Crippen LogP contribution in [0.5, 0.6) is 5.75 Å². The SMILES string of the molecule is C[C@@]12C[C@H](c3ccccc3O1)n1c(s/c(=C\c3ccc(F)cc3)c1=O)=N2. The summed E-state index contributed by atoms with van der Waals surface area (Å²) in [6, 6.07) is 13.8. The van der Waals surface area contributed by atoms with Crippen molar-refractivity contribution in [1.29, 1.82) is 0 Å². The molecule has 26 heavy (non-hydrogen) atoms. The molecule has 0 radical (unpaired) electrons.